The van der Waals surface area contributed by atoms with Crippen molar-refractivity contribution in [1.82, 2.24) is 5.32 Å². The van der Waals surface area contributed by atoms with E-state index in [4.69, 9.17) is 4.74 Å². The maximum Gasteiger partial charge on any atom is 0.389 e. The summed E-state index contributed by atoms with van der Waals surface area (Å²) in [6.07, 6.45) is 4.83. The molecular weight excluding hydrogens is 336 g/mol. The van der Waals surface area contributed by atoms with Gasteiger partial charge in [0.25, 0.3) is 0 Å². The molecule has 0 saturated heterocycles. The van der Waals surface area contributed by atoms with Crippen molar-refractivity contribution >= 4 is 5.91 Å². The Bertz CT molecular complexity index is 741. The minimum Gasteiger partial charge on any atom is -0.424 e. The van der Waals surface area contributed by atoms with Crippen molar-refractivity contribution in [1.29, 1.82) is 0 Å². The molecule has 2 unspecified atom stereocenters. The molecule has 2 atom stereocenters. The number of hydrogen-bond donors (Lipinski definition) is 2. The quantitative estimate of drug-likeness (QED) is 0.442. The van der Waals surface area contributed by atoms with Gasteiger partial charge in [-0.2, -0.15) is 0 Å². The van der Waals surface area contributed by atoms with Gasteiger partial charge in [0.05, 0.1) is 10.8 Å². The fourth-order valence-corrected chi connectivity index (χ4v) is 2.67. The van der Waals surface area contributed by atoms with Gasteiger partial charge in [-0.1, -0.05) is 32.0 Å². The molecule has 1 aromatic rings. The molecule has 2 rings (SSSR count). The molecule has 140 valence electrons. The highest BCUT2D eigenvalue weighted by Gasteiger charge is 2.50. The monoisotopic (exact) mass is 360 g/mol. The van der Waals surface area contributed by atoms with Crippen LogP contribution in [0.4, 0.5) is 0 Å². The minimum atomic E-state index is -1.78. The normalized spacial score (nSPS) is 22.0. The van der Waals surface area contributed by atoms with Crippen LogP contribution < -0.4 is 10.1 Å². The van der Waals surface area contributed by atoms with Crippen molar-refractivity contribution < 1.29 is 19.6 Å². The van der Waals surface area contributed by atoms with E-state index in [2.05, 4.69) is 5.32 Å². The fraction of sp³-hybridized carbons (Fsp3) is 0.421. The summed E-state index contributed by atoms with van der Waals surface area (Å²) < 4.78 is 5.85. The van der Waals surface area contributed by atoms with Crippen molar-refractivity contribution in [3.63, 3.8) is 0 Å². The van der Waals surface area contributed by atoms with E-state index in [0.717, 1.165) is 0 Å². The molecule has 1 aromatic carbocycles. The number of rotatable bonds is 7. The number of para-hydroxylation sites is 1. The number of carbonyl (C=O) groups is 1. The van der Waals surface area contributed by atoms with Gasteiger partial charge in [-0.25, -0.2) is 0 Å². The summed E-state index contributed by atoms with van der Waals surface area (Å²) in [4.78, 5) is 23.2. The number of aliphatic hydroxyl groups excluding tert-OH is 1. The van der Waals surface area contributed by atoms with Crippen LogP contribution in [0.2, 0.25) is 0 Å². The maximum atomic E-state index is 11.9. The molecule has 1 aliphatic carbocycles. The molecular formula is C19H24N2O5. The van der Waals surface area contributed by atoms with Crippen molar-refractivity contribution in [2.24, 2.45) is 11.8 Å². The molecule has 0 aliphatic heterocycles. The highest BCUT2D eigenvalue weighted by molar-refractivity contribution is 5.80. The Morgan fingerprint density at radius 3 is 2.69 bits per heavy atom. The van der Waals surface area contributed by atoms with E-state index < -0.39 is 16.6 Å². The van der Waals surface area contributed by atoms with Crippen molar-refractivity contribution in [2.75, 3.05) is 6.61 Å². The van der Waals surface area contributed by atoms with E-state index in [1.54, 1.807) is 51.1 Å². The molecule has 0 spiro atoms. The van der Waals surface area contributed by atoms with Crippen molar-refractivity contribution in [2.45, 2.75) is 32.9 Å². The lowest BCUT2D eigenvalue weighted by atomic mass is 9.91. The Balaban J connectivity index is 2.30. The molecule has 1 amide bonds. The van der Waals surface area contributed by atoms with Crippen LogP contribution in [0, 0.1) is 22.0 Å². The Morgan fingerprint density at radius 1 is 1.42 bits per heavy atom. The van der Waals surface area contributed by atoms with Crippen LogP contribution in [0.1, 0.15) is 26.3 Å². The fourth-order valence-electron chi connectivity index (χ4n) is 2.67. The van der Waals surface area contributed by atoms with E-state index in [9.17, 15) is 20.0 Å². The first-order chi connectivity index (χ1) is 12.3. The van der Waals surface area contributed by atoms with Gasteiger partial charge in [0.15, 0.2) is 0 Å². The number of nitrogens with zero attached hydrogens (tertiary/aromatic N) is 1. The first kappa shape index (κ1) is 19.7. The Morgan fingerprint density at radius 2 is 2.12 bits per heavy atom. The molecule has 0 heterocycles. The summed E-state index contributed by atoms with van der Waals surface area (Å²) in [5.74, 6) is -0.607. The number of amides is 1. The predicted molar refractivity (Wildman–Crippen MR) is 97.0 cm³/mol. The van der Waals surface area contributed by atoms with Crippen LogP contribution in [0.5, 0.6) is 5.75 Å². The number of carbonyl (C=O) groups excluding carboxylic acids is 1. The molecule has 0 fully saturated rings. The number of aliphatic hydroxyl groups is 1. The molecule has 0 saturated carbocycles. The van der Waals surface area contributed by atoms with Crippen molar-refractivity contribution in [3.8, 4) is 5.75 Å². The van der Waals surface area contributed by atoms with E-state index in [-0.39, 0.29) is 18.4 Å². The first-order valence-corrected chi connectivity index (χ1v) is 8.54. The Labute approximate surface area is 152 Å². The Hall–Kier alpha value is -2.67. The second kappa shape index (κ2) is 8.14. The summed E-state index contributed by atoms with van der Waals surface area (Å²) in [5, 5.41) is 23.8. The number of allylic oxidation sites excluding steroid dienone is 1. The Kier molecular flexibility index (Phi) is 6.15. The summed E-state index contributed by atoms with van der Waals surface area (Å²) in [6.45, 7) is 5.13. The number of benzene rings is 1. The summed E-state index contributed by atoms with van der Waals surface area (Å²) in [5.41, 5.74) is -0.571. The van der Waals surface area contributed by atoms with Crippen LogP contribution >= 0.6 is 0 Å². The number of nitro groups is 1. The van der Waals surface area contributed by atoms with Gasteiger partial charge in [-0.3, -0.25) is 14.9 Å². The number of ether oxygens (including phenoxy) is 1. The maximum absolute atomic E-state index is 11.9. The molecule has 1 aliphatic rings. The summed E-state index contributed by atoms with van der Waals surface area (Å²) >= 11 is 0. The summed E-state index contributed by atoms with van der Waals surface area (Å²) in [6, 6.07) is 6.93. The van der Waals surface area contributed by atoms with Crippen LogP contribution in [0.15, 0.2) is 48.2 Å². The van der Waals surface area contributed by atoms with Gasteiger partial charge in [0.2, 0.25) is 5.91 Å². The summed E-state index contributed by atoms with van der Waals surface area (Å²) in [7, 11) is 0. The zero-order valence-corrected chi connectivity index (χ0v) is 15.1. The largest absolute Gasteiger partial charge is 0.424 e. The van der Waals surface area contributed by atoms with Crippen LogP contribution in [0.3, 0.4) is 0 Å². The molecule has 7 nitrogen and oxygen atoms in total. The van der Waals surface area contributed by atoms with Gasteiger partial charge in [-0.05, 0) is 37.1 Å². The minimum absolute atomic E-state index is 0.0808. The second-order valence-electron chi connectivity index (χ2n) is 6.58. The lowest BCUT2D eigenvalue weighted by molar-refractivity contribution is -0.607. The van der Waals surface area contributed by atoms with Gasteiger partial charge >= 0.3 is 5.72 Å². The molecule has 0 radical (unpaired) electrons. The molecule has 2 N–H and O–H groups in total. The van der Waals surface area contributed by atoms with Gasteiger partial charge in [-0.15, -0.1) is 0 Å². The SMILES string of the molecule is CC(C)C(=O)NC1=CC(C)C(Oc2ccccc2CCO)([N+](=O)[O-])C=C1. The molecule has 0 aromatic heterocycles. The molecule has 0 bridgehead atoms. The first-order valence-electron chi connectivity index (χ1n) is 8.54. The third-order valence-electron chi connectivity index (χ3n) is 4.29. The van der Waals surface area contributed by atoms with E-state index >= 15 is 0 Å². The predicted octanol–water partition coefficient (Wildman–Crippen LogP) is 2.44. The van der Waals surface area contributed by atoms with Crippen LogP contribution in [-0.2, 0) is 11.2 Å². The average molecular weight is 360 g/mol. The van der Waals surface area contributed by atoms with Gasteiger partial charge in [0.1, 0.15) is 5.75 Å². The standard InChI is InChI=1S/C19H24N2O5/c1-13(2)18(23)20-16-8-10-19(21(24)25,14(3)12-16)26-17-7-5-4-6-15(17)9-11-22/h4-8,10,12-14,22H,9,11H2,1-3H3,(H,20,23). The van der Waals surface area contributed by atoms with Crippen molar-refractivity contribution in [3.05, 3.63) is 63.9 Å². The molecule has 26 heavy (non-hydrogen) atoms. The number of hydrogen-bond acceptors (Lipinski definition) is 5. The number of nitrogens with one attached hydrogen (secondary N) is 1. The van der Waals surface area contributed by atoms with E-state index in [0.29, 0.717) is 23.4 Å². The average Bonchev–Trinajstić information content (AvgIpc) is 2.59. The van der Waals surface area contributed by atoms with Crippen LogP contribution in [-0.4, -0.2) is 28.3 Å². The lowest BCUT2D eigenvalue weighted by Crippen LogP contribution is -2.49. The van der Waals surface area contributed by atoms with E-state index in [1.807, 2.05) is 0 Å². The zero-order chi connectivity index (χ0) is 19.3. The topological polar surface area (TPSA) is 102 Å². The third-order valence-corrected chi connectivity index (χ3v) is 4.29. The zero-order valence-electron chi connectivity index (χ0n) is 15.1. The second-order valence-corrected chi connectivity index (χ2v) is 6.58. The highest BCUT2D eigenvalue weighted by atomic mass is 16.7. The molecule has 7 heteroatoms. The lowest BCUT2D eigenvalue weighted by Gasteiger charge is -2.30. The van der Waals surface area contributed by atoms with Crippen LogP contribution in [0.25, 0.3) is 0 Å². The third kappa shape index (κ3) is 4.11. The van der Waals surface area contributed by atoms with Gasteiger partial charge < -0.3 is 15.2 Å². The highest BCUT2D eigenvalue weighted by Crippen LogP contribution is 2.34. The smallest absolute Gasteiger partial charge is 0.389 e. The van der Waals surface area contributed by atoms with Gasteiger partial charge in [0, 0.05) is 24.3 Å². The van der Waals surface area contributed by atoms with E-state index in [1.165, 1.54) is 12.2 Å².